The van der Waals surface area contributed by atoms with Crippen molar-refractivity contribution in [2.45, 2.75) is 6.18 Å². The van der Waals surface area contributed by atoms with E-state index in [-0.39, 0.29) is 16.8 Å². The van der Waals surface area contributed by atoms with Crippen LogP contribution in [0, 0.1) is 0 Å². The van der Waals surface area contributed by atoms with Crippen LogP contribution in [0.5, 0.6) is 11.6 Å². The van der Waals surface area contributed by atoms with Crippen LogP contribution in [-0.2, 0) is 6.18 Å². The molecule has 0 saturated heterocycles. The first-order valence-corrected chi connectivity index (χ1v) is 6.68. The van der Waals surface area contributed by atoms with Crippen LogP contribution in [0.4, 0.5) is 13.2 Å². The molecule has 8 heteroatoms. The summed E-state index contributed by atoms with van der Waals surface area (Å²) in [5.41, 5.74) is -0.933. The average molecular weight is 387 g/mol. The van der Waals surface area contributed by atoms with Gasteiger partial charge in [-0.25, -0.2) is 4.98 Å². The van der Waals surface area contributed by atoms with Crippen molar-refractivity contribution in [3.63, 3.8) is 0 Å². The zero-order chi connectivity index (χ0) is 14.9. The largest absolute Gasteiger partial charge is 0.438 e. The Morgan fingerprint density at radius 1 is 1.10 bits per heavy atom. The van der Waals surface area contributed by atoms with Gasteiger partial charge in [0, 0.05) is 11.1 Å². The van der Waals surface area contributed by atoms with Crippen molar-refractivity contribution in [3.8, 4) is 11.6 Å². The van der Waals surface area contributed by atoms with Crippen LogP contribution in [0.3, 0.4) is 0 Å². The summed E-state index contributed by atoms with van der Waals surface area (Å²) in [5, 5.41) is 0.152. The second kappa shape index (κ2) is 5.79. The van der Waals surface area contributed by atoms with E-state index in [1.54, 1.807) is 6.07 Å². The molecule has 0 aliphatic rings. The molecule has 1 aromatic carbocycles. The summed E-state index contributed by atoms with van der Waals surface area (Å²) in [6.07, 6.45) is -4.53. The third-order valence-electron chi connectivity index (χ3n) is 2.21. The van der Waals surface area contributed by atoms with Crippen LogP contribution in [0.15, 0.2) is 34.8 Å². The van der Waals surface area contributed by atoms with Gasteiger partial charge in [-0.2, -0.15) is 13.2 Å². The Labute approximate surface area is 130 Å². The fraction of sp³-hybridized carbons (Fsp3) is 0.0833. The number of hydrogen-bond acceptors (Lipinski definition) is 2. The summed E-state index contributed by atoms with van der Waals surface area (Å²) < 4.78 is 43.7. The molecular weight excluding hydrogens is 382 g/mol. The van der Waals surface area contributed by atoms with Crippen LogP contribution in [-0.4, -0.2) is 4.98 Å². The van der Waals surface area contributed by atoms with E-state index in [2.05, 4.69) is 20.9 Å². The molecule has 0 unspecified atom stereocenters. The second-order valence-corrected chi connectivity index (χ2v) is 5.37. The van der Waals surface area contributed by atoms with E-state index in [9.17, 15) is 13.2 Å². The maximum Gasteiger partial charge on any atom is 0.416 e. The van der Waals surface area contributed by atoms with Crippen LogP contribution in [0.1, 0.15) is 5.56 Å². The molecule has 1 heterocycles. The minimum Gasteiger partial charge on any atom is -0.438 e. The van der Waals surface area contributed by atoms with Gasteiger partial charge in [0.2, 0.25) is 5.88 Å². The Hall–Kier alpha value is -0.980. The molecule has 1 aromatic heterocycles. The predicted octanol–water partition coefficient (Wildman–Crippen LogP) is 5.96. The van der Waals surface area contributed by atoms with Crippen molar-refractivity contribution in [1.82, 2.24) is 4.98 Å². The van der Waals surface area contributed by atoms with Crippen LogP contribution < -0.4 is 4.74 Å². The highest BCUT2D eigenvalue weighted by atomic mass is 79.9. The van der Waals surface area contributed by atoms with Gasteiger partial charge >= 0.3 is 6.18 Å². The molecule has 2 aromatic rings. The molecule has 0 atom stereocenters. The molecule has 0 aliphatic heterocycles. The van der Waals surface area contributed by atoms with Crippen LogP contribution in [0.2, 0.25) is 10.2 Å². The zero-order valence-corrected chi connectivity index (χ0v) is 12.6. The van der Waals surface area contributed by atoms with Crippen molar-refractivity contribution in [2.75, 3.05) is 0 Å². The summed E-state index contributed by atoms with van der Waals surface area (Å²) in [6.45, 7) is 0. The standard InChI is InChI=1S/C12H5BrCl2F3NO/c13-8-5-7(14)1-2-9(8)20-11-4-6(12(16,17)18)3-10(15)19-11/h1-5H. The highest BCUT2D eigenvalue weighted by Gasteiger charge is 2.32. The quantitative estimate of drug-likeness (QED) is 0.594. The molecule has 0 fully saturated rings. The molecule has 0 bridgehead atoms. The van der Waals surface area contributed by atoms with Crippen molar-refractivity contribution in [2.24, 2.45) is 0 Å². The van der Waals surface area contributed by atoms with Gasteiger partial charge in [0.25, 0.3) is 0 Å². The summed E-state index contributed by atoms with van der Waals surface area (Å²) >= 11 is 14.5. The number of hydrogen-bond donors (Lipinski definition) is 0. The number of halogens is 6. The number of nitrogens with zero attached hydrogens (tertiary/aromatic N) is 1. The molecule has 0 radical (unpaired) electrons. The summed E-state index contributed by atoms with van der Waals surface area (Å²) in [4.78, 5) is 3.70. The maximum atomic E-state index is 12.7. The number of aromatic nitrogens is 1. The van der Waals surface area contributed by atoms with Crippen LogP contribution >= 0.6 is 39.1 Å². The van der Waals surface area contributed by atoms with Gasteiger partial charge < -0.3 is 4.74 Å². The zero-order valence-electron chi connectivity index (χ0n) is 9.51. The fourth-order valence-electron chi connectivity index (χ4n) is 1.36. The van der Waals surface area contributed by atoms with Gasteiger partial charge in [-0.3, -0.25) is 0 Å². The van der Waals surface area contributed by atoms with Crippen molar-refractivity contribution in [1.29, 1.82) is 0 Å². The monoisotopic (exact) mass is 385 g/mol. The van der Waals surface area contributed by atoms with E-state index in [4.69, 9.17) is 27.9 Å². The maximum absolute atomic E-state index is 12.7. The Morgan fingerprint density at radius 3 is 2.40 bits per heavy atom. The lowest BCUT2D eigenvalue weighted by molar-refractivity contribution is -0.137. The topological polar surface area (TPSA) is 22.1 Å². The molecule has 0 spiro atoms. The van der Waals surface area contributed by atoms with Gasteiger partial charge in [-0.15, -0.1) is 0 Å². The van der Waals surface area contributed by atoms with Crippen LogP contribution in [0.25, 0.3) is 0 Å². The van der Waals surface area contributed by atoms with E-state index >= 15 is 0 Å². The number of alkyl halides is 3. The molecule has 0 amide bonds. The molecule has 106 valence electrons. The highest BCUT2D eigenvalue weighted by Crippen LogP contribution is 2.35. The van der Waals surface area contributed by atoms with Gasteiger partial charge in [-0.1, -0.05) is 23.2 Å². The lowest BCUT2D eigenvalue weighted by Gasteiger charge is -2.11. The highest BCUT2D eigenvalue weighted by molar-refractivity contribution is 9.10. The number of pyridine rings is 1. The lowest BCUT2D eigenvalue weighted by Crippen LogP contribution is -2.05. The predicted molar refractivity (Wildman–Crippen MR) is 73.5 cm³/mol. The number of rotatable bonds is 2. The SMILES string of the molecule is FC(F)(F)c1cc(Cl)nc(Oc2ccc(Cl)cc2Br)c1. The number of benzene rings is 1. The Kier molecular flexibility index (Phi) is 4.46. The van der Waals surface area contributed by atoms with E-state index in [1.165, 1.54) is 12.1 Å². The van der Waals surface area contributed by atoms with Crippen molar-refractivity contribution < 1.29 is 17.9 Å². The lowest BCUT2D eigenvalue weighted by atomic mass is 10.2. The third kappa shape index (κ3) is 3.77. The molecule has 2 rings (SSSR count). The van der Waals surface area contributed by atoms with E-state index in [0.29, 0.717) is 9.50 Å². The summed E-state index contributed by atoms with van der Waals surface area (Å²) in [5.74, 6) is 0.0186. The van der Waals surface area contributed by atoms with Crippen molar-refractivity contribution >= 4 is 39.1 Å². The first kappa shape index (κ1) is 15.4. The van der Waals surface area contributed by atoms with Gasteiger partial charge in [-0.05, 0) is 40.2 Å². The first-order chi connectivity index (χ1) is 9.25. The van der Waals surface area contributed by atoms with Gasteiger partial charge in [0.1, 0.15) is 10.9 Å². The summed E-state index contributed by atoms with van der Waals surface area (Å²) in [6, 6.07) is 6.09. The van der Waals surface area contributed by atoms with Crippen molar-refractivity contribution in [3.05, 3.63) is 50.5 Å². The molecule has 20 heavy (non-hydrogen) atoms. The molecule has 0 N–H and O–H groups in total. The Bertz CT molecular complexity index is 649. The Balaban J connectivity index is 2.36. The first-order valence-electron chi connectivity index (χ1n) is 5.13. The normalized spacial score (nSPS) is 11.5. The summed E-state index contributed by atoms with van der Waals surface area (Å²) in [7, 11) is 0. The number of ether oxygens (including phenoxy) is 1. The minimum absolute atomic E-state index is 0.257. The minimum atomic E-state index is -4.53. The fourth-order valence-corrected chi connectivity index (χ4v) is 2.32. The molecular formula is C12H5BrCl2F3NO. The second-order valence-electron chi connectivity index (χ2n) is 3.69. The Morgan fingerprint density at radius 2 is 1.80 bits per heavy atom. The van der Waals surface area contributed by atoms with Gasteiger partial charge in [0.15, 0.2) is 0 Å². The molecule has 0 aliphatic carbocycles. The third-order valence-corrected chi connectivity index (χ3v) is 3.25. The molecule has 2 nitrogen and oxygen atoms in total. The molecule has 0 saturated carbocycles. The van der Waals surface area contributed by atoms with E-state index in [1.807, 2.05) is 0 Å². The van der Waals surface area contributed by atoms with Gasteiger partial charge in [0.05, 0.1) is 10.0 Å². The smallest absolute Gasteiger partial charge is 0.416 e. The van der Waals surface area contributed by atoms with E-state index in [0.717, 1.165) is 12.1 Å². The average Bonchev–Trinajstić information content (AvgIpc) is 2.31. The van der Waals surface area contributed by atoms with E-state index < -0.39 is 11.7 Å².